The van der Waals surface area contributed by atoms with E-state index in [4.69, 9.17) is 34.8 Å². The summed E-state index contributed by atoms with van der Waals surface area (Å²) in [5.41, 5.74) is 0.775. The van der Waals surface area contributed by atoms with Gasteiger partial charge in [-0.15, -0.1) is 0 Å². The molecule has 0 radical (unpaired) electrons. The van der Waals surface area contributed by atoms with Gasteiger partial charge in [-0.25, -0.2) is 8.42 Å². The number of likely N-dealkylation sites (N-methyl/N-ethyl adjacent to an activating group) is 1. The number of benzene rings is 2. The Kier molecular flexibility index (Phi) is 9.87. The van der Waals surface area contributed by atoms with Gasteiger partial charge in [0.1, 0.15) is 12.6 Å². The number of nitrogens with zero attached hydrogens (tertiary/aromatic N) is 2. The monoisotopic (exact) mass is 597 g/mol. The third-order valence-corrected chi connectivity index (χ3v) is 7.40. The summed E-state index contributed by atoms with van der Waals surface area (Å²) in [5.74, 6) is -0.953. The summed E-state index contributed by atoms with van der Waals surface area (Å²) in [6.07, 6.45) is 0.950. The highest BCUT2D eigenvalue weighted by atomic mass is 79.9. The molecule has 2 aromatic rings. The molecule has 2 aromatic carbocycles. The van der Waals surface area contributed by atoms with Gasteiger partial charge < -0.3 is 10.2 Å². The lowest BCUT2D eigenvalue weighted by molar-refractivity contribution is -0.139. The van der Waals surface area contributed by atoms with Gasteiger partial charge in [0, 0.05) is 17.6 Å². The van der Waals surface area contributed by atoms with Crippen LogP contribution in [0.1, 0.15) is 19.4 Å². The second-order valence-corrected chi connectivity index (χ2v) is 11.3. The molecule has 0 heterocycles. The average molecular weight is 600 g/mol. The number of carbonyl (C=O) groups is 2. The molecule has 0 aliphatic carbocycles. The maximum absolute atomic E-state index is 13.4. The number of sulfonamides is 1. The van der Waals surface area contributed by atoms with Gasteiger partial charge in [0.25, 0.3) is 0 Å². The van der Waals surface area contributed by atoms with Crippen LogP contribution >= 0.6 is 50.7 Å². The van der Waals surface area contributed by atoms with Crippen LogP contribution in [0.4, 0.5) is 5.69 Å². The third kappa shape index (κ3) is 7.48. The van der Waals surface area contributed by atoms with Gasteiger partial charge in [-0.05, 0) is 43.7 Å². The Hall–Kier alpha value is -1.52. The zero-order chi connectivity index (χ0) is 24.9. The Labute approximate surface area is 217 Å². The van der Waals surface area contributed by atoms with E-state index in [1.54, 1.807) is 26.0 Å². The van der Waals surface area contributed by atoms with Gasteiger partial charge in [-0.2, -0.15) is 0 Å². The molecule has 0 aliphatic rings. The van der Waals surface area contributed by atoms with Crippen molar-refractivity contribution in [2.45, 2.75) is 26.4 Å². The Morgan fingerprint density at radius 3 is 2.18 bits per heavy atom. The molecule has 2 amide bonds. The molecule has 0 aliphatic heterocycles. The van der Waals surface area contributed by atoms with E-state index in [1.807, 2.05) is 12.1 Å². The Balaban J connectivity index is 2.44. The quantitative estimate of drug-likeness (QED) is 0.423. The molecule has 0 spiro atoms. The minimum atomic E-state index is -3.94. The van der Waals surface area contributed by atoms with E-state index in [9.17, 15) is 18.0 Å². The molecule has 0 fully saturated rings. The van der Waals surface area contributed by atoms with Crippen LogP contribution in [0.5, 0.6) is 0 Å². The summed E-state index contributed by atoms with van der Waals surface area (Å²) in [6.45, 7) is 3.24. The van der Waals surface area contributed by atoms with Gasteiger partial charge >= 0.3 is 0 Å². The topological polar surface area (TPSA) is 86.8 Å². The first kappa shape index (κ1) is 27.7. The first-order valence-electron chi connectivity index (χ1n) is 9.79. The number of amides is 2. The number of rotatable bonds is 9. The molecule has 0 saturated carbocycles. The fourth-order valence-corrected chi connectivity index (χ4v) is 4.80. The molecule has 0 bridgehead atoms. The smallest absolute Gasteiger partial charge is 0.244 e. The SMILES string of the molecule is CCNC(=O)[C@@H](C)N(Cc1ccc(Br)cc1)C(=O)CN(c1cc(Cl)c(Cl)cc1Cl)S(C)(=O)=O. The van der Waals surface area contributed by atoms with E-state index in [0.29, 0.717) is 6.54 Å². The van der Waals surface area contributed by atoms with E-state index in [0.717, 1.165) is 20.6 Å². The molecule has 0 unspecified atom stereocenters. The molecule has 33 heavy (non-hydrogen) atoms. The van der Waals surface area contributed by atoms with Crippen molar-refractivity contribution in [3.63, 3.8) is 0 Å². The first-order chi connectivity index (χ1) is 15.3. The van der Waals surface area contributed by atoms with Gasteiger partial charge in [0.2, 0.25) is 21.8 Å². The zero-order valence-electron chi connectivity index (χ0n) is 18.1. The number of carbonyl (C=O) groups excluding carboxylic acids is 2. The second kappa shape index (κ2) is 11.8. The van der Waals surface area contributed by atoms with Gasteiger partial charge in [-0.3, -0.25) is 13.9 Å². The van der Waals surface area contributed by atoms with Gasteiger partial charge in [0.15, 0.2) is 0 Å². The highest BCUT2D eigenvalue weighted by Crippen LogP contribution is 2.35. The summed E-state index contributed by atoms with van der Waals surface area (Å²) in [5, 5.41) is 2.93. The summed E-state index contributed by atoms with van der Waals surface area (Å²) in [7, 11) is -3.94. The minimum Gasteiger partial charge on any atom is -0.355 e. The van der Waals surface area contributed by atoms with Crippen molar-refractivity contribution >= 4 is 78.3 Å². The van der Waals surface area contributed by atoms with Crippen molar-refractivity contribution in [1.29, 1.82) is 0 Å². The van der Waals surface area contributed by atoms with Crippen LogP contribution < -0.4 is 9.62 Å². The lowest BCUT2D eigenvalue weighted by Gasteiger charge is -2.31. The van der Waals surface area contributed by atoms with E-state index < -0.39 is 28.5 Å². The number of hydrogen-bond donors (Lipinski definition) is 1. The average Bonchev–Trinajstić information content (AvgIpc) is 2.73. The second-order valence-electron chi connectivity index (χ2n) is 7.21. The lowest BCUT2D eigenvalue weighted by atomic mass is 10.1. The van der Waals surface area contributed by atoms with Crippen molar-refractivity contribution in [3.8, 4) is 0 Å². The third-order valence-electron chi connectivity index (χ3n) is 4.72. The van der Waals surface area contributed by atoms with Crippen LogP contribution in [-0.4, -0.2) is 50.5 Å². The number of nitrogens with one attached hydrogen (secondary N) is 1. The maximum atomic E-state index is 13.4. The molecule has 7 nitrogen and oxygen atoms in total. The Bertz CT molecular complexity index is 1130. The van der Waals surface area contributed by atoms with Crippen molar-refractivity contribution in [1.82, 2.24) is 10.2 Å². The summed E-state index contributed by atoms with van der Waals surface area (Å²) in [4.78, 5) is 27.2. The highest BCUT2D eigenvalue weighted by Gasteiger charge is 2.31. The van der Waals surface area contributed by atoms with E-state index in [1.165, 1.54) is 17.0 Å². The van der Waals surface area contributed by atoms with Crippen LogP contribution in [0.3, 0.4) is 0 Å². The molecular weight excluding hydrogens is 577 g/mol. The minimum absolute atomic E-state index is 0.0103. The van der Waals surface area contributed by atoms with E-state index in [2.05, 4.69) is 21.2 Å². The number of hydrogen-bond acceptors (Lipinski definition) is 4. The lowest BCUT2D eigenvalue weighted by Crippen LogP contribution is -2.51. The summed E-state index contributed by atoms with van der Waals surface area (Å²) < 4.78 is 26.9. The summed E-state index contributed by atoms with van der Waals surface area (Å²) >= 11 is 21.6. The fraction of sp³-hybridized carbons (Fsp3) is 0.333. The highest BCUT2D eigenvalue weighted by molar-refractivity contribution is 9.10. The maximum Gasteiger partial charge on any atom is 0.244 e. The van der Waals surface area contributed by atoms with E-state index in [-0.39, 0.29) is 33.2 Å². The molecule has 1 N–H and O–H groups in total. The zero-order valence-corrected chi connectivity index (χ0v) is 22.8. The molecule has 2 rings (SSSR count). The molecular formula is C21H23BrCl3N3O4S. The largest absolute Gasteiger partial charge is 0.355 e. The van der Waals surface area contributed by atoms with Crippen LogP contribution in [0.2, 0.25) is 15.1 Å². The molecule has 180 valence electrons. The summed E-state index contributed by atoms with van der Waals surface area (Å²) in [6, 6.07) is 8.97. The first-order valence-corrected chi connectivity index (χ1v) is 13.6. The van der Waals surface area contributed by atoms with Gasteiger partial charge in [0.05, 0.1) is 27.0 Å². The van der Waals surface area contributed by atoms with Gasteiger partial charge in [-0.1, -0.05) is 62.9 Å². The number of anilines is 1. The number of halogens is 4. The van der Waals surface area contributed by atoms with Crippen LogP contribution in [0, 0.1) is 0 Å². The van der Waals surface area contributed by atoms with E-state index >= 15 is 0 Å². The molecule has 0 saturated heterocycles. The Morgan fingerprint density at radius 1 is 1.06 bits per heavy atom. The van der Waals surface area contributed by atoms with Crippen molar-refractivity contribution < 1.29 is 18.0 Å². The Morgan fingerprint density at radius 2 is 1.64 bits per heavy atom. The predicted octanol–water partition coefficient (Wildman–Crippen LogP) is 4.73. The van der Waals surface area contributed by atoms with Crippen molar-refractivity contribution in [3.05, 3.63) is 61.5 Å². The molecule has 1 atom stereocenters. The van der Waals surface area contributed by atoms with Crippen molar-refractivity contribution in [2.75, 3.05) is 23.7 Å². The van der Waals surface area contributed by atoms with Crippen LogP contribution in [0.15, 0.2) is 40.9 Å². The normalized spacial score (nSPS) is 12.2. The fourth-order valence-electron chi connectivity index (χ4n) is 2.99. The molecule has 12 heteroatoms. The van der Waals surface area contributed by atoms with Crippen LogP contribution in [0.25, 0.3) is 0 Å². The predicted molar refractivity (Wildman–Crippen MR) is 136 cm³/mol. The van der Waals surface area contributed by atoms with Crippen LogP contribution in [-0.2, 0) is 26.2 Å². The molecule has 0 aromatic heterocycles. The van der Waals surface area contributed by atoms with Crippen molar-refractivity contribution in [2.24, 2.45) is 0 Å². The standard InChI is InChI=1S/C21H23BrCl3N3O4S/c1-4-26-21(30)13(2)27(11-14-5-7-15(22)8-6-14)20(29)12-28(33(3,31)32)19-10-17(24)16(23)9-18(19)25/h5-10,13H,4,11-12H2,1-3H3,(H,26,30)/t13-/m1/s1.